The van der Waals surface area contributed by atoms with Crippen molar-refractivity contribution in [1.29, 1.82) is 0 Å². The van der Waals surface area contributed by atoms with E-state index in [2.05, 4.69) is 5.10 Å². The molecule has 0 bridgehead atoms. The molecule has 0 spiro atoms. The van der Waals surface area contributed by atoms with Gasteiger partial charge in [-0.05, 0) is 0 Å². The summed E-state index contributed by atoms with van der Waals surface area (Å²) in [4.78, 5) is 0. The van der Waals surface area contributed by atoms with Gasteiger partial charge in [0, 0.05) is 13.2 Å². The van der Waals surface area contributed by atoms with Gasteiger partial charge in [0.15, 0.2) is 0 Å². The van der Waals surface area contributed by atoms with E-state index in [1.165, 1.54) is 0 Å². The van der Waals surface area contributed by atoms with Crippen LogP contribution in [-0.4, -0.2) is 9.78 Å². The summed E-state index contributed by atoms with van der Waals surface area (Å²) in [5.74, 6) is 0. The number of anilines is 1. The Hall–Kier alpha value is -0.990. The van der Waals surface area contributed by atoms with E-state index in [-0.39, 0.29) is 0 Å². The maximum atomic E-state index is 5.30. The fourth-order valence-electron chi connectivity index (χ4n) is 0.440. The number of nitrogen functional groups attached to an aromatic ring is 1. The molecule has 0 saturated heterocycles. The summed E-state index contributed by atoms with van der Waals surface area (Å²) in [6, 6.07) is 0. The lowest BCUT2D eigenvalue weighted by Gasteiger charge is -1.78. The minimum atomic E-state index is 0.711. The summed E-state index contributed by atoms with van der Waals surface area (Å²) in [5.41, 5.74) is 6.01. The second-order valence-electron chi connectivity index (χ2n) is 1.45. The molecule has 0 fully saturated rings. The Kier molecular flexibility index (Phi) is 23.7. The first kappa shape index (κ1) is 17.9. The first-order chi connectivity index (χ1) is 6.29. The molecule has 1 aromatic rings. The Balaban J connectivity index is -0.000000144. The van der Waals surface area contributed by atoms with Crippen LogP contribution in [0.1, 0.15) is 41.5 Å². The summed E-state index contributed by atoms with van der Waals surface area (Å²) in [7, 11) is 1.83. The van der Waals surface area contributed by atoms with Gasteiger partial charge < -0.3 is 5.73 Å². The highest BCUT2D eigenvalue weighted by Gasteiger charge is 1.82. The van der Waals surface area contributed by atoms with Crippen LogP contribution in [0.5, 0.6) is 0 Å². The van der Waals surface area contributed by atoms with E-state index >= 15 is 0 Å². The Morgan fingerprint density at radius 1 is 1.08 bits per heavy atom. The van der Waals surface area contributed by atoms with Crippen molar-refractivity contribution in [1.82, 2.24) is 9.78 Å². The van der Waals surface area contributed by atoms with E-state index in [4.69, 9.17) is 5.73 Å². The van der Waals surface area contributed by atoms with Crippen molar-refractivity contribution in [3.63, 3.8) is 0 Å². The maximum Gasteiger partial charge on any atom is 0.0719 e. The van der Waals surface area contributed by atoms with Crippen LogP contribution < -0.4 is 5.73 Å². The molecule has 0 aliphatic carbocycles. The van der Waals surface area contributed by atoms with Crippen molar-refractivity contribution in [3.05, 3.63) is 12.4 Å². The lowest BCUT2D eigenvalue weighted by atomic mass is 10.6. The lowest BCUT2D eigenvalue weighted by Crippen LogP contribution is -1.84. The molecule has 80 valence electrons. The Morgan fingerprint density at radius 3 is 1.54 bits per heavy atom. The Bertz CT molecular complexity index is 142. The molecular formula is C10H25N3. The predicted molar refractivity (Wildman–Crippen MR) is 61.7 cm³/mol. The number of nitrogens with two attached hydrogens (primary N) is 1. The minimum Gasteiger partial charge on any atom is -0.396 e. The molecule has 13 heavy (non-hydrogen) atoms. The normalized spacial score (nSPS) is 6.38. The van der Waals surface area contributed by atoms with Crippen LogP contribution >= 0.6 is 0 Å². The highest BCUT2D eigenvalue weighted by Crippen LogP contribution is 1.92. The molecule has 2 N–H and O–H groups in total. The van der Waals surface area contributed by atoms with Gasteiger partial charge in [0.25, 0.3) is 0 Å². The van der Waals surface area contributed by atoms with Crippen LogP contribution in [-0.2, 0) is 7.05 Å². The number of aryl methyl sites for hydroxylation is 1. The third-order valence-electron chi connectivity index (χ3n) is 0.725. The van der Waals surface area contributed by atoms with E-state index in [0.717, 1.165) is 0 Å². The number of aromatic nitrogens is 2. The van der Waals surface area contributed by atoms with Crippen LogP contribution in [0.4, 0.5) is 5.69 Å². The smallest absolute Gasteiger partial charge is 0.0719 e. The van der Waals surface area contributed by atoms with Gasteiger partial charge in [0.2, 0.25) is 0 Å². The molecular weight excluding hydrogens is 162 g/mol. The van der Waals surface area contributed by atoms with Crippen LogP contribution in [0.25, 0.3) is 0 Å². The van der Waals surface area contributed by atoms with Crippen molar-refractivity contribution >= 4 is 5.69 Å². The molecule has 0 radical (unpaired) electrons. The summed E-state index contributed by atoms with van der Waals surface area (Å²) >= 11 is 0. The first-order valence-electron chi connectivity index (χ1n) is 5.03. The molecule has 1 heterocycles. The third-order valence-corrected chi connectivity index (χ3v) is 0.725. The van der Waals surface area contributed by atoms with E-state index in [0.29, 0.717) is 5.69 Å². The molecule has 0 aliphatic heterocycles. The highest BCUT2D eigenvalue weighted by molar-refractivity contribution is 5.30. The van der Waals surface area contributed by atoms with Gasteiger partial charge in [-0.1, -0.05) is 41.5 Å². The fourth-order valence-corrected chi connectivity index (χ4v) is 0.440. The predicted octanol–water partition coefficient (Wildman–Crippen LogP) is 3.08. The molecule has 0 unspecified atom stereocenters. The van der Waals surface area contributed by atoms with Crippen LogP contribution in [0.15, 0.2) is 12.4 Å². The van der Waals surface area contributed by atoms with Crippen molar-refractivity contribution < 1.29 is 0 Å². The van der Waals surface area contributed by atoms with Gasteiger partial charge in [0.1, 0.15) is 0 Å². The van der Waals surface area contributed by atoms with Crippen molar-refractivity contribution in [2.45, 2.75) is 41.5 Å². The van der Waals surface area contributed by atoms with Crippen molar-refractivity contribution in [2.75, 3.05) is 5.73 Å². The van der Waals surface area contributed by atoms with Crippen LogP contribution in [0, 0.1) is 0 Å². The minimum absolute atomic E-state index is 0.711. The summed E-state index contributed by atoms with van der Waals surface area (Å²) in [6.07, 6.45) is 3.36. The number of nitrogens with zero attached hydrogens (tertiary/aromatic N) is 2. The summed E-state index contributed by atoms with van der Waals surface area (Å²) in [6.45, 7) is 12.0. The van der Waals surface area contributed by atoms with Gasteiger partial charge >= 0.3 is 0 Å². The standard InChI is InChI=1S/C4H7N3.3C2H6/c1-7-3-4(5)2-6-7;3*1-2/h2-3H,5H2,1H3;3*1-2H3. The van der Waals surface area contributed by atoms with Gasteiger partial charge in [-0.3, -0.25) is 4.68 Å². The van der Waals surface area contributed by atoms with Crippen LogP contribution in [0.2, 0.25) is 0 Å². The number of hydrogen-bond donors (Lipinski definition) is 1. The van der Waals surface area contributed by atoms with E-state index in [1.807, 2.05) is 48.6 Å². The first-order valence-corrected chi connectivity index (χ1v) is 5.03. The lowest BCUT2D eigenvalue weighted by molar-refractivity contribution is 0.768. The summed E-state index contributed by atoms with van der Waals surface area (Å²) < 4.78 is 1.66. The zero-order valence-electron chi connectivity index (χ0n) is 10.1. The van der Waals surface area contributed by atoms with Gasteiger partial charge in [-0.25, -0.2) is 0 Å². The van der Waals surface area contributed by atoms with E-state index in [9.17, 15) is 0 Å². The topological polar surface area (TPSA) is 43.8 Å². The molecule has 1 rings (SSSR count). The zero-order valence-corrected chi connectivity index (χ0v) is 10.1. The maximum absolute atomic E-state index is 5.30. The van der Waals surface area contributed by atoms with E-state index in [1.54, 1.807) is 17.1 Å². The Labute approximate surface area is 83.0 Å². The van der Waals surface area contributed by atoms with E-state index < -0.39 is 0 Å². The molecule has 0 atom stereocenters. The average molecular weight is 187 g/mol. The SMILES string of the molecule is CC.CC.CC.Cn1cc(N)cn1. The number of rotatable bonds is 0. The molecule has 0 aliphatic rings. The molecule has 0 aromatic carbocycles. The molecule has 3 heteroatoms. The average Bonchev–Trinajstić information content (AvgIpc) is 2.60. The Morgan fingerprint density at radius 2 is 1.46 bits per heavy atom. The fraction of sp³-hybridized carbons (Fsp3) is 0.700. The van der Waals surface area contributed by atoms with Crippen molar-refractivity contribution in [2.24, 2.45) is 7.05 Å². The van der Waals surface area contributed by atoms with Gasteiger partial charge in [-0.2, -0.15) is 5.10 Å². The van der Waals surface area contributed by atoms with Crippen molar-refractivity contribution in [3.8, 4) is 0 Å². The monoisotopic (exact) mass is 187 g/mol. The van der Waals surface area contributed by atoms with Crippen LogP contribution in [0.3, 0.4) is 0 Å². The quantitative estimate of drug-likeness (QED) is 0.678. The second-order valence-corrected chi connectivity index (χ2v) is 1.45. The third kappa shape index (κ3) is 13.9. The van der Waals surface area contributed by atoms with Gasteiger partial charge in [-0.15, -0.1) is 0 Å². The van der Waals surface area contributed by atoms with Gasteiger partial charge in [0.05, 0.1) is 11.9 Å². The highest BCUT2D eigenvalue weighted by atomic mass is 15.2. The largest absolute Gasteiger partial charge is 0.396 e. The molecule has 0 amide bonds. The zero-order chi connectivity index (χ0) is 11.3. The molecule has 0 saturated carbocycles. The second kappa shape index (κ2) is 17.2. The number of hydrogen-bond acceptors (Lipinski definition) is 2. The molecule has 3 nitrogen and oxygen atoms in total. The summed E-state index contributed by atoms with van der Waals surface area (Å²) in [5, 5.41) is 3.81. The molecule has 1 aromatic heterocycles.